The van der Waals surface area contributed by atoms with E-state index in [0.717, 1.165) is 12.5 Å². The van der Waals surface area contributed by atoms with Crippen LogP contribution >= 0.6 is 0 Å². The first-order chi connectivity index (χ1) is 9.99. The molecule has 0 aliphatic heterocycles. The summed E-state index contributed by atoms with van der Waals surface area (Å²) in [6.45, 7) is 2.04. The zero-order valence-electron chi connectivity index (χ0n) is 11.4. The number of hydrogen-bond donors (Lipinski definition) is 1. The monoisotopic (exact) mass is 292 g/mol. The molecule has 0 amide bonds. The maximum Gasteiger partial charge on any atom is 0.356 e. The lowest BCUT2D eigenvalue weighted by molar-refractivity contribution is 0.0688. The Bertz CT molecular complexity index is 725. The second-order valence-electron chi connectivity index (χ2n) is 5.41. The second kappa shape index (κ2) is 4.95. The van der Waals surface area contributed by atoms with Gasteiger partial charge in [0.25, 0.3) is 0 Å². The normalized spacial score (nSPS) is 17.6. The van der Waals surface area contributed by atoms with Crippen LogP contribution in [0.5, 0.6) is 0 Å². The number of carbonyl (C=O) groups is 1. The van der Waals surface area contributed by atoms with E-state index in [4.69, 9.17) is 0 Å². The highest BCUT2D eigenvalue weighted by atomic mass is 19.2. The number of aromatic carboxylic acids is 1. The van der Waals surface area contributed by atoms with Gasteiger partial charge in [0.2, 0.25) is 0 Å². The topological polar surface area (TPSA) is 55.1 Å². The predicted molar refractivity (Wildman–Crippen MR) is 71.6 cm³/mol. The molecule has 1 aliphatic rings. The van der Waals surface area contributed by atoms with E-state index in [9.17, 15) is 18.7 Å². The zero-order chi connectivity index (χ0) is 15.1. The number of aromatic nitrogens is 2. The number of rotatable bonds is 2. The third-order valence-corrected chi connectivity index (χ3v) is 3.88. The molecule has 1 aromatic heterocycles. The molecule has 0 radical (unpaired) electrons. The van der Waals surface area contributed by atoms with Gasteiger partial charge >= 0.3 is 5.97 Å². The average Bonchev–Trinajstić information content (AvgIpc) is 2.80. The summed E-state index contributed by atoms with van der Waals surface area (Å²) >= 11 is 0. The molecule has 1 unspecified atom stereocenters. The molecule has 2 aromatic rings. The van der Waals surface area contributed by atoms with Crippen LogP contribution in [0, 0.1) is 17.6 Å². The first kappa shape index (κ1) is 13.7. The minimum absolute atomic E-state index is 0.0479. The minimum Gasteiger partial charge on any atom is -0.476 e. The van der Waals surface area contributed by atoms with Gasteiger partial charge in [0, 0.05) is 11.3 Å². The molecule has 0 fully saturated rings. The lowest BCUT2D eigenvalue weighted by Crippen LogP contribution is -2.15. The van der Waals surface area contributed by atoms with Gasteiger partial charge in [-0.05, 0) is 37.3 Å². The van der Waals surface area contributed by atoms with Gasteiger partial charge in [-0.3, -0.25) is 0 Å². The van der Waals surface area contributed by atoms with Crippen molar-refractivity contribution in [3.8, 4) is 5.69 Å². The van der Waals surface area contributed by atoms with Crippen molar-refractivity contribution in [3.63, 3.8) is 0 Å². The van der Waals surface area contributed by atoms with E-state index in [2.05, 4.69) is 5.10 Å². The van der Waals surface area contributed by atoms with Gasteiger partial charge in [0.15, 0.2) is 17.3 Å². The van der Waals surface area contributed by atoms with Crippen molar-refractivity contribution < 1.29 is 18.7 Å². The number of fused-ring (bicyclic) bond motifs is 1. The van der Waals surface area contributed by atoms with Gasteiger partial charge in [-0.1, -0.05) is 13.0 Å². The number of hydrogen-bond acceptors (Lipinski definition) is 2. The van der Waals surface area contributed by atoms with E-state index in [1.807, 2.05) is 6.92 Å². The van der Waals surface area contributed by atoms with Gasteiger partial charge in [0.1, 0.15) is 5.69 Å². The van der Waals surface area contributed by atoms with Gasteiger partial charge in [0.05, 0.1) is 0 Å². The lowest BCUT2D eigenvalue weighted by atomic mass is 9.87. The first-order valence-electron chi connectivity index (χ1n) is 6.77. The fourth-order valence-electron chi connectivity index (χ4n) is 2.82. The molecule has 1 heterocycles. The van der Waals surface area contributed by atoms with Crippen molar-refractivity contribution in [2.24, 2.45) is 5.92 Å². The van der Waals surface area contributed by atoms with E-state index in [0.29, 0.717) is 30.0 Å². The van der Waals surface area contributed by atoms with Gasteiger partial charge in [-0.15, -0.1) is 0 Å². The predicted octanol–water partition coefficient (Wildman–Crippen LogP) is 2.97. The molecule has 1 aliphatic carbocycles. The zero-order valence-corrected chi connectivity index (χ0v) is 11.4. The van der Waals surface area contributed by atoms with Crippen molar-refractivity contribution in [2.75, 3.05) is 0 Å². The Morgan fingerprint density at radius 3 is 2.90 bits per heavy atom. The van der Waals surface area contributed by atoms with Crippen LogP contribution in [-0.4, -0.2) is 20.9 Å². The van der Waals surface area contributed by atoms with E-state index in [-0.39, 0.29) is 11.4 Å². The summed E-state index contributed by atoms with van der Waals surface area (Å²) in [4.78, 5) is 11.3. The number of carboxylic acid groups (broad SMARTS) is 1. The summed E-state index contributed by atoms with van der Waals surface area (Å²) in [6.07, 6.45) is 2.06. The highest BCUT2D eigenvalue weighted by Crippen LogP contribution is 2.30. The summed E-state index contributed by atoms with van der Waals surface area (Å²) < 4.78 is 28.6. The van der Waals surface area contributed by atoms with Crippen molar-refractivity contribution in [2.45, 2.75) is 26.2 Å². The molecule has 0 bridgehead atoms. The number of benzene rings is 1. The summed E-state index contributed by atoms with van der Waals surface area (Å²) in [5.74, 6) is -2.78. The van der Waals surface area contributed by atoms with Crippen LogP contribution in [-0.2, 0) is 12.8 Å². The highest BCUT2D eigenvalue weighted by molar-refractivity contribution is 5.87. The maximum atomic E-state index is 14.0. The van der Waals surface area contributed by atoms with Crippen molar-refractivity contribution in [1.82, 2.24) is 9.78 Å². The molecule has 110 valence electrons. The third-order valence-electron chi connectivity index (χ3n) is 3.88. The molecule has 1 atom stereocenters. The summed E-state index contributed by atoms with van der Waals surface area (Å²) in [5, 5.41) is 13.3. The molecule has 1 aromatic carbocycles. The molecule has 6 heteroatoms. The van der Waals surface area contributed by atoms with Crippen LogP contribution in [0.15, 0.2) is 18.2 Å². The van der Waals surface area contributed by atoms with E-state index >= 15 is 0 Å². The van der Waals surface area contributed by atoms with Crippen molar-refractivity contribution in [3.05, 3.63) is 46.8 Å². The Morgan fingerprint density at radius 2 is 2.19 bits per heavy atom. The Balaban J connectivity index is 2.22. The molecule has 0 saturated carbocycles. The largest absolute Gasteiger partial charge is 0.476 e. The van der Waals surface area contributed by atoms with Crippen LogP contribution in [0.2, 0.25) is 0 Å². The Morgan fingerprint density at radius 1 is 1.43 bits per heavy atom. The fraction of sp³-hybridized carbons (Fsp3) is 0.333. The van der Waals surface area contributed by atoms with E-state index < -0.39 is 17.6 Å². The SMILES string of the molecule is CC1CCc2c(c(C(=O)O)nn2-c2cccc(F)c2F)C1. The standard InChI is InChI=1S/C15H14F2N2O2/c1-8-5-6-11-9(7-8)14(15(20)21)18-19(11)12-4-2-3-10(16)13(12)17/h2-4,8H,5-7H2,1H3,(H,20,21). The Labute approximate surface area is 120 Å². The molecule has 0 saturated heterocycles. The molecule has 21 heavy (non-hydrogen) atoms. The molecule has 4 nitrogen and oxygen atoms in total. The average molecular weight is 292 g/mol. The molecule has 1 N–H and O–H groups in total. The van der Waals surface area contributed by atoms with Crippen molar-refractivity contribution >= 4 is 5.97 Å². The lowest BCUT2D eigenvalue weighted by Gasteiger charge is -2.19. The molecular formula is C15H14F2N2O2. The highest BCUT2D eigenvalue weighted by Gasteiger charge is 2.29. The second-order valence-corrected chi connectivity index (χ2v) is 5.41. The van der Waals surface area contributed by atoms with Crippen LogP contribution in [0.1, 0.15) is 35.1 Å². The number of halogens is 2. The van der Waals surface area contributed by atoms with E-state index in [1.165, 1.54) is 16.8 Å². The number of carboxylic acids is 1. The Kier molecular flexibility index (Phi) is 3.23. The minimum atomic E-state index is -1.14. The van der Waals surface area contributed by atoms with E-state index in [1.54, 1.807) is 0 Å². The quantitative estimate of drug-likeness (QED) is 0.925. The molecule has 3 rings (SSSR count). The van der Waals surface area contributed by atoms with Crippen LogP contribution in [0.4, 0.5) is 8.78 Å². The number of nitrogens with zero attached hydrogens (tertiary/aromatic N) is 2. The van der Waals surface area contributed by atoms with Crippen LogP contribution in [0.3, 0.4) is 0 Å². The van der Waals surface area contributed by atoms with Crippen molar-refractivity contribution in [1.29, 1.82) is 0 Å². The van der Waals surface area contributed by atoms with Gasteiger partial charge in [-0.25, -0.2) is 18.3 Å². The smallest absolute Gasteiger partial charge is 0.356 e. The summed E-state index contributed by atoms with van der Waals surface area (Å²) in [7, 11) is 0. The van der Waals surface area contributed by atoms with Crippen LogP contribution < -0.4 is 0 Å². The van der Waals surface area contributed by atoms with Gasteiger partial charge in [-0.2, -0.15) is 5.10 Å². The first-order valence-corrected chi connectivity index (χ1v) is 6.77. The molecular weight excluding hydrogens is 278 g/mol. The fourth-order valence-corrected chi connectivity index (χ4v) is 2.82. The summed E-state index contributed by atoms with van der Waals surface area (Å²) in [6, 6.07) is 3.80. The van der Waals surface area contributed by atoms with Crippen LogP contribution in [0.25, 0.3) is 5.69 Å². The summed E-state index contributed by atoms with van der Waals surface area (Å²) in [5.41, 5.74) is 1.17. The van der Waals surface area contributed by atoms with Gasteiger partial charge < -0.3 is 5.11 Å². The Hall–Kier alpha value is -2.24. The third kappa shape index (κ3) is 2.20. The maximum absolute atomic E-state index is 14.0. The molecule has 0 spiro atoms.